The zero-order chi connectivity index (χ0) is 21.8. The number of hydrogen-bond acceptors (Lipinski definition) is 3. The molecule has 164 valence electrons. The van der Waals surface area contributed by atoms with E-state index in [0.717, 1.165) is 5.56 Å². The lowest BCUT2D eigenvalue weighted by molar-refractivity contribution is -0.140. The second-order valence-electron chi connectivity index (χ2n) is 7.98. The van der Waals surface area contributed by atoms with E-state index >= 15 is 0 Å². The molecule has 3 atom stereocenters. The van der Waals surface area contributed by atoms with Gasteiger partial charge in [-0.15, -0.1) is 0 Å². The number of hydrogen-bond donors (Lipinski definition) is 2. The smallest absolute Gasteiger partial charge is 0.319 e. The van der Waals surface area contributed by atoms with Gasteiger partial charge in [-0.25, -0.2) is 9.18 Å². The van der Waals surface area contributed by atoms with Crippen LogP contribution in [0.4, 0.5) is 14.9 Å². The number of amides is 3. The van der Waals surface area contributed by atoms with Crippen LogP contribution in [0, 0.1) is 11.7 Å². The zero-order valence-electron chi connectivity index (χ0n) is 17.0. The fraction of sp³-hybridized carbons (Fsp3) is 0.391. The predicted molar refractivity (Wildman–Crippen MR) is 117 cm³/mol. The second-order valence-corrected chi connectivity index (χ2v) is 8.41. The van der Waals surface area contributed by atoms with Crippen LogP contribution in [0.5, 0.6) is 0 Å². The Morgan fingerprint density at radius 2 is 1.68 bits per heavy atom. The van der Waals surface area contributed by atoms with E-state index in [4.69, 9.17) is 16.3 Å². The summed E-state index contributed by atoms with van der Waals surface area (Å²) < 4.78 is 18.8. The van der Waals surface area contributed by atoms with Crippen molar-refractivity contribution in [3.63, 3.8) is 0 Å². The van der Waals surface area contributed by atoms with Crippen molar-refractivity contribution in [3.05, 3.63) is 64.9 Å². The molecule has 0 bridgehead atoms. The molecule has 1 heterocycles. The van der Waals surface area contributed by atoms with Crippen molar-refractivity contribution in [1.82, 2.24) is 10.2 Å². The van der Waals surface area contributed by atoms with Crippen molar-refractivity contribution in [2.75, 3.05) is 31.6 Å². The summed E-state index contributed by atoms with van der Waals surface area (Å²) in [4.78, 5) is 27.6. The van der Waals surface area contributed by atoms with E-state index in [2.05, 4.69) is 10.6 Å². The minimum absolute atomic E-state index is 0.0695. The Morgan fingerprint density at radius 1 is 1.00 bits per heavy atom. The standard InChI is InChI=1S/C23H25ClFN3O3/c24-16-3-7-18(8-4-16)26-23(30)27-19-13-20(15-1-5-17(25)6-2-15)21(14-19)22(29)28-9-11-31-12-10-28/h1-8,19-21H,9-14H2,(H2,26,27,30)/t19-,20+,21-/m0/s1. The third kappa shape index (κ3) is 5.35. The van der Waals surface area contributed by atoms with Gasteiger partial charge in [-0.05, 0) is 60.7 Å². The van der Waals surface area contributed by atoms with Crippen molar-refractivity contribution in [2.24, 2.45) is 5.92 Å². The number of halogens is 2. The van der Waals surface area contributed by atoms with Crippen molar-refractivity contribution >= 4 is 29.2 Å². The summed E-state index contributed by atoms with van der Waals surface area (Å²) >= 11 is 5.88. The number of benzene rings is 2. The number of ether oxygens (including phenoxy) is 1. The zero-order valence-corrected chi connectivity index (χ0v) is 17.8. The van der Waals surface area contributed by atoms with E-state index in [1.165, 1.54) is 12.1 Å². The molecule has 0 aromatic heterocycles. The van der Waals surface area contributed by atoms with Gasteiger partial charge in [0.1, 0.15) is 5.82 Å². The van der Waals surface area contributed by atoms with Gasteiger partial charge < -0.3 is 20.3 Å². The number of urea groups is 1. The Bertz CT molecular complexity index is 917. The average Bonchev–Trinajstić information content (AvgIpc) is 3.19. The lowest BCUT2D eigenvalue weighted by Crippen LogP contribution is -2.44. The number of anilines is 1. The first-order valence-electron chi connectivity index (χ1n) is 10.4. The first kappa shape index (κ1) is 21.6. The molecular weight excluding hydrogens is 421 g/mol. The van der Waals surface area contributed by atoms with Gasteiger partial charge in [-0.3, -0.25) is 4.79 Å². The lowest BCUT2D eigenvalue weighted by Gasteiger charge is -2.31. The topological polar surface area (TPSA) is 70.7 Å². The number of carbonyl (C=O) groups is 2. The summed E-state index contributed by atoms with van der Waals surface area (Å²) in [5.41, 5.74) is 1.55. The van der Waals surface area contributed by atoms with Crippen LogP contribution >= 0.6 is 11.6 Å². The molecule has 1 saturated heterocycles. The van der Waals surface area contributed by atoms with Crippen LogP contribution in [-0.4, -0.2) is 49.2 Å². The Labute approximate surface area is 185 Å². The summed E-state index contributed by atoms with van der Waals surface area (Å²) in [5, 5.41) is 6.37. The molecule has 1 saturated carbocycles. The highest BCUT2D eigenvalue weighted by atomic mass is 35.5. The molecule has 0 unspecified atom stereocenters. The molecule has 0 radical (unpaired) electrons. The van der Waals surface area contributed by atoms with Gasteiger partial charge in [-0.1, -0.05) is 23.7 Å². The Kier molecular flexibility index (Phi) is 6.73. The van der Waals surface area contributed by atoms with Gasteiger partial charge in [-0.2, -0.15) is 0 Å². The van der Waals surface area contributed by atoms with E-state index in [-0.39, 0.29) is 35.6 Å². The minimum atomic E-state index is -0.329. The third-order valence-electron chi connectivity index (χ3n) is 5.94. The predicted octanol–water partition coefficient (Wildman–Crippen LogP) is 4.02. The van der Waals surface area contributed by atoms with E-state index < -0.39 is 0 Å². The summed E-state index contributed by atoms with van der Waals surface area (Å²) in [7, 11) is 0. The van der Waals surface area contributed by atoms with E-state index in [1.807, 2.05) is 4.90 Å². The van der Waals surface area contributed by atoms with Crippen LogP contribution in [0.1, 0.15) is 24.3 Å². The fourth-order valence-electron chi connectivity index (χ4n) is 4.41. The normalized spacial score (nSPS) is 23.4. The third-order valence-corrected chi connectivity index (χ3v) is 6.19. The van der Waals surface area contributed by atoms with E-state index in [0.29, 0.717) is 49.9 Å². The molecule has 2 N–H and O–H groups in total. The molecule has 1 aliphatic heterocycles. The molecule has 8 heteroatoms. The molecule has 2 fully saturated rings. The quantitative estimate of drug-likeness (QED) is 0.746. The number of nitrogens with one attached hydrogen (secondary N) is 2. The molecule has 4 rings (SSSR count). The number of rotatable bonds is 4. The Morgan fingerprint density at radius 3 is 2.35 bits per heavy atom. The van der Waals surface area contributed by atoms with Gasteiger partial charge in [0.05, 0.1) is 13.2 Å². The molecule has 2 aliphatic rings. The first-order valence-corrected chi connectivity index (χ1v) is 10.8. The van der Waals surface area contributed by atoms with Crippen LogP contribution in [0.2, 0.25) is 5.02 Å². The SMILES string of the molecule is O=C(Nc1ccc(Cl)cc1)N[C@@H]1C[C@H](C(=O)N2CCOCC2)[C@@H](c2ccc(F)cc2)C1. The first-order chi connectivity index (χ1) is 15.0. The van der Waals surface area contributed by atoms with Crippen molar-refractivity contribution in [2.45, 2.75) is 24.8 Å². The minimum Gasteiger partial charge on any atom is -0.378 e. The van der Waals surface area contributed by atoms with Crippen molar-refractivity contribution < 1.29 is 18.7 Å². The maximum Gasteiger partial charge on any atom is 0.319 e. The van der Waals surface area contributed by atoms with Crippen LogP contribution < -0.4 is 10.6 Å². The van der Waals surface area contributed by atoms with Crippen molar-refractivity contribution in [1.29, 1.82) is 0 Å². The van der Waals surface area contributed by atoms with Crippen molar-refractivity contribution in [3.8, 4) is 0 Å². The van der Waals surface area contributed by atoms with Crippen LogP contribution in [0.25, 0.3) is 0 Å². The summed E-state index contributed by atoms with van der Waals surface area (Å²) in [6, 6.07) is 12.7. The average molecular weight is 446 g/mol. The maximum absolute atomic E-state index is 13.4. The summed E-state index contributed by atoms with van der Waals surface area (Å²) in [6.07, 6.45) is 1.15. The van der Waals surface area contributed by atoms with E-state index in [1.54, 1.807) is 36.4 Å². The summed E-state index contributed by atoms with van der Waals surface area (Å²) in [5.74, 6) is -0.601. The monoisotopic (exact) mass is 445 g/mol. The van der Waals surface area contributed by atoms with Crippen LogP contribution in [-0.2, 0) is 9.53 Å². The van der Waals surface area contributed by atoms with Gasteiger partial charge >= 0.3 is 6.03 Å². The molecule has 2 aromatic carbocycles. The summed E-state index contributed by atoms with van der Waals surface area (Å²) in [6.45, 7) is 2.21. The maximum atomic E-state index is 13.4. The Balaban J connectivity index is 1.46. The van der Waals surface area contributed by atoms with Crippen LogP contribution in [0.3, 0.4) is 0 Å². The molecule has 0 spiro atoms. The van der Waals surface area contributed by atoms with Crippen LogP contribution in [0.15, 0.2) is 48.5 Å². The molecule has 2 aromatic rings. The van der Waals surface area contributed by atoms with Gasteiger partial charge in [0.25, 0.3) is 0 Å². The molecular formula is C23H25ClFN3O3. The number of carbonyl (C=O) groups excluding carboxylic acids is 2. The number of nitrogens with zero attached hydrogens (tertiary/aromatic N) is 1. The Hall–Kier alpha value is -2.64. The molecule has 31 heavy (non-hydrogen) atoms. The molecule has 1 aliphatic carbocycles. The van der Waals surface area contributed by atoms with Gasteiger partial charge in [0.2, 0.25) is 5.91 Å². The number of morpholine rings is 1. The molecule has 3 amide bonds. The van der Waals surface area contributed by atoms with Gasteiger partial charge in [0, 0.05) is 35.8 Å². The second kappa shape index (κ2) is 9.66. The molecule has 6 nitrogen and oxygen atoms in total. The largest absolute Gasteiger partial charge is 0.378 e. The fourth-order valence-corrected chi connectivity index (χ4v) is 4.54. The lowest BCUT2D eigenvalue weighted by atomic mass is 9.88. The highest BCUT2D eigenvalue weighted by molar-refractivity contribution is 6.30. The van der Waals surface area contributed by atoms with Gasteiger partial charge in [0.15, 0.2) is 0 Å². The highest BCUT2D eigenvalue weighted by Crippen LogP contribution is 2.41. The van der Waals surface area contributed by atoms with E-state index in [9.17, 15) is 14.0 Å². The highest BCUT2D eigenvalue weighted by Gasteiger charge is 2.42.